The van der Waals surface area contributed by atoms with Crippen LogP contribution in [0.4, 0.5) is 0 Å². The highest BCUT2D eigenvalue weighted by Crippen LogP contribution is 2.27. The maximum Gasteiger partial charge on any atom is 0.243 e. The molecule has 0 bridgehead atoms. The summed E-state index contributed by atoms with van der Waals surface area (Å²) in [5.41, 5.74) is 4.42. The minimum atomic E-state index is -0.201. The van der Waals surface area contributed by atoms with Gasteiger partial charge in [-0.2, -0.15) is 0 Å². The van der Waals surface area contributed by atoms with Crippen LogP contribution in [0.25, 0.3) is 11.0 Å². The molecule has 3 aromatic rings. The van der Waals surface area contributed by atoms with E-state index in [0.717, 1.165) is 35.6 Å². The number of amides is 1. The second kappa shape index (κ2) is 9.41. The largest absolute Gasteiger partial charge is 0.493 e. The van der Waals surface area contributed by atoms with Crippen molar-refractivity contribution in [2.45, 2.75) is 46.2 Å². The Bertz CT molecular complexity index is 1000. The molecule has 3 rings (SSSR count). The summed E-state index contributed by atoms with van der Waals surface area (Å²) >= 11 is 0. The summed E-state index contributed by atoms with van der Waals surface area (Å²) in [7, 11) is 0. The van der Waals surface area contributed by atoms with E-state index in [1.165, 1.54) is 17.2 Å². The number of hydrogen-bond acceptors (Lipinski definition) is 3. The number of nitrogens with zero attached hydrogens (tertiary/aromatic N) is 2. The fourth-order valence-electron chi connectivity index (χ4n) is 3.40. The fraction of sp³-hybridized carbons (Fsp3) is 0.333. The number of para-hydroxylation sites is 2. The Morgan fingerprint density at radius 1 is 1.28 bits per heavy atom. The quantitative estimate of drug-likeness (QED) is 0.423. The Labute approximate surface area is 172 Å². The number of carbonyl (C=O) groups is 1. The molecule has 1 heterocycles. The van der Waals surface area contributed by atoms with Gasteiger partial charge in [0.1, 0.15) is 11.6 Å². The molecule has 0 saturated heterocycles. The van der Waals surface area contributed by atoms with Crippen LogP contribution in [0, 0.1) is 6.92 Å². The van der Waals surface area contributed by atoms with Gasteiger partial charge < -0.3 is 14.6 Å². The van der Waals surface area contributed by atoms with Crippen molar-refractivity contribution in [3.8, 4) is 5.75 Å². The highest BCUT2D eigenvalue weighted by molar-refractivity contribution is 5.86. The van der Waals surface area contributed by atoms with E-state index < -0.39 is 0 Å². The molecular formula is C24H29N3O2. The van der Waals surface area contributed by atoms with Crippen LogP contribution in [0.5, 0.6) is 5.75 Å². The first-order valence-electron chi connectivity index (χ1n) is 10.1. The van der Waals surface area contributed by atoms with E-state index in [4.69, 9.17) is 4.74 Å². The number of carbonyl (C=O) groups excluding carboxylic acids is 1. The highest BCUT2D eigenvalue weighted by Gasteiger charge is 2.12. The molecule has 0 saturated carbocycles. The van der Waals surface area contributed by atoms with Gasteiger partial charge in [0.2, 0.25) is 5.91 Å². The van der Waals surface area contributed by atoms with Crippen molar-refractivity contribution in [2.24, 2.45) is 0 Å². The van der Waals surface area contributed by atoms with Crippen LogP contribution in [0.3, 0.4) is 0 Å². The summed E-state index contributed by atoms with van der Waals surface area (Å²) in [6, 6.07) is 14.4. The maximum atomic E-state index is 11.6. The zero-order valence-electron chi connectivity index (χ0n) is 17.4. The molecule has 5 nitrogen and oxygen atoms in total. The Morgan fingerprint density at radius 3 is 2.83 bits per heavy atom. The van der Waals surface area contributed by atoms with Crippen molar-refractivity contribution in [3.05, 3.63) is 72.1 Å². The van der Waals surface area contributed by atoms with Gasteiger partial charge in [-0.3, -0.25) is 4.79 Å². The van der Waals surface area contributed by atoms with Gasteiger partial charge in [-0.05, 0) is 54.7 Å². The molecule has 152 valence electrons. The zero-order chi connectivity index (χ0) is 20.8. The molecule has 0 fully saturated rings. The normalized spacial score (nSPS) is 11.0. The monoisotopic (exact) mass is 391 g/mol. The molecule has 0 aliphatic carbocycles. The Hall–Kier alpha value is -3.08. The summed E-state index contributed by atoms with van der Waals surface area (Å²) in [6.07, 6.45) is 2.11. The number of fused-ring (bicyclic) bond motifs is 1. The standard InChI is InChI=1S/C24H29N3O2/c1-5-24(28)25-16-23-26-20-9-6-7-10-21(20)27(23)13-8-14-29-22-15-18(4)11-12-19(22)17(2)3/h5-7,9-12,15,17H,1,8,13-14,16H2,2-4H3,(H,25,28). The lowest BCUT2D eigenvalue weighted by Crippen LogP contribution is -2.22. The number of hydrogen-bond donors (Lipinski definition) is 1. The van der Waals surface area contributed by atoms with Gasteiger partial charge in [-0.15, -0.1) is 0 Å². The number of ether oxygens (including phenoxy) is 1. The van der Waals surface area contributed by atoms with E-state index in [-0.39, 0.29) is 5.91 Å². The predicted octanol–water partition coefficient (Wildman–Crippen LogP) is 4.74. The summed E-state index contributed by atoms with van der Waals surface area (Å²) in [6.45, 7) is 11.7. The summed E-state index contributed by atoms with van der Waals surface area (Å²) in [5.74, 6) is 2.02. The molecule has 29 heavy (non-hydrogen) atoms. The van der Waals surface area contributed by atoms with E-state index in [2.05, 4.69) is 66.5 Å². The van der Waals surface area contributed by atoms with Crippen molar-refractivity contribution in [1.29, 1.82) is 0 Å². The number of rotatable bonds is 9. The highest BCUT2D eigenvalue weighted by atomic mass is 16.5. The number of aromatic nitrogens is 2. The van der Waals surface area contributed by atoms with Crippen molar-refractivity contribution in [3.63, 3.8) is 0 Å². The Morgan fingerprint density at radius 2 is 2.07 bits per heavy atom. The molecular weight excluding hydrogens is 362 g/mol. The molecule has 2 aromatic carbocycles. The van der Waals surface area contributed by atoms with Gasteiger partial charge in [-0.25, -0.2) is 4.98 Å². The smallest absolute Gasteiger partial charge is 0.243 e. The summed E-state index contributed by atoms with van der Waals surface area (Å²) < 4.78 is 8.28. The van der Waals surface area contributed by atoms with Gasteiger partial charge in [0.15, 0.2) is 0 Å². The van der Waals surface area contributed by atoms with E-state index in [0.29, 0.717) is 19.1 Å². The van der Waals surface area contributed by atoms with Crippen LogP contribution >= 0.6 is 0 Å². The molecule has 0 atom stereocenters. The third kappa shape index (κ3) is 5.05. The van der Waals surface area contributed by atoms with Crippen molar-refractivity contribution in [1.82, 2.24) is 14.9 Å². The molecule has 1 N–H and O–H groups in total. The molecule has 0 radical (unpaired) electrons. The van der Waals surface area contributed by atoms with Gasteiger partial charge in [0, 0.05) is 6.54 Å². The van der Waals surface area contributed by atoms with Crippen LogP contribution in [-0.2, 0) is 17.9 Å². The van der Waals surface area contributed by atoms with Crippen molar-refractivity contribution >= 4 is 16.9 Å². The Balaban J connectivity index is 1.70. The third-order valence-electron chi connectivity index (χ3n) is 4.91. The predicted molar refractivity (Wildman–Crippen MR) is 117 cm³/mol. The molecule has 0 aliphatic rings. The van der Waals surface area contributed by atoms with Crippen LogP contribution in [0.15, 0.2) is 55.1 Å². The van der Waals surface area contributed by atoms with Crippen LogP contribution < -0.4 is 10.1 Å². The zero-order valence-corrected chi connectivity index (χ0v) is 17.4. The lowest BCUT2D eigenvalue weighted by molar-refractivity contribution is -0.116. The van der Waals surface area contributed by atoms with Crippen LogP contribution in [-0.4, -0.2) is 22.1 Å². The summed E-state index contributed by atoms with van der Waals surface area (Å²) in [5, 5.41) is 2.82. The number of imidazole rings is 1. The number of nitrogens with one attached hydrogen (secondary N) is 1. The van der Waals surface area contributed by atoms with Crippen molar-refractivity contribution < 1.29 is 9.53 Å². The summed E-state index contributed by atoms with van der Waals surface area (Å²) in [4.78, 5) is 16.2. The van der Waals surface area contributed by atoms with Gasteiger partial charge >= 0.3 is 0 Å². The first kappa shape index (κ1) is 20.6. The van der Waals surface area contributed by atoms with E-state index in [1.807, 2.05) is 18.2 Å². The molecule has 1 aromatic heterocycles. The molecule has 5 heteroatoms. The van der Waals surface area contributed by atoms with Crippen LogP contribution in [0.1, 0.15) is 43.1 Å². The second-order valence-electron chi connectivity index (χ2n) is 7.49. The van der Waals surface area contributed by atoms with Crippen molar-refractivity contribution in [2.75, 3.05) is 6.61 Å². The molecule has 0 aliphatic heterocycles. The van der Waals surface area contributed by atoms with Gasteiger partial charge in [0.05, 0.1) is 24.2 Å². The lowest BCUT2D eigenvalue weighted by Gasteiger charge is -2.15. The maximum absolute atomic E-state index is 11.6. The minimum Gasteiger partial charge on any atom is -0.493 e. The molecule has 0 spiro atoms. The first-order valence-corrected chi connectivity index (χ1v) is 10.1. The van der Waals surface area contributed by atoms with Gasteiger partial charge in [0.25, 0.3) is 0 Å². The average molecular weight is 392 g/mol. The van der Waals surface area contributed by atoms with Crippen LogP contribution in [0.2, 0.25) is 0 Å². The number of benzene rings is 2. The molecule has 0 unspecified atom stereocenters. The average Bonchev–Trinajstić information content (AvgIpc) is 3.06. The van der Waals surface area contributed by atoms with Gasteiger partial charge in [-0.1, -0.05) is 44.7 Å². The van der Waals surface area contributed by atoms with E-state index in [9.17, 15) is 4.79 Å². The van der Waals surface area contributed by atoms with E-state index in [1.54, 1.807) is 0 Å². The third-order valence-corrected chi connectivity index (χ3v) is 4.91. The first-order chi connectivity index (χ1) is 14.0. The van der Waals surface area contributed by atoms with E-state index >= 15 is 0 Å². The Kier molecular flexibility index (Phi) is 6.70. The molecule has 1 amide bonds. The fourth-order valence-corrected chi connectivity index (χ4v) is 3.40. The topological polar surface area (TPSA) is 56.2 Å². The minimum absolute atomic E-state index is 0.201. The SMILES string of the molecule is C=CC(=O)NCc1nc2ccccc2n1CCCOc1cc(C)ccc1C(C)C. The second-order valence-corrected chi connectivity index (χ2v) is 7.49. The lowest BCUT2D eigenvalue weighted by atomic mass is 10.0. The number of aryl methyl sites for hydroxylation is 2.